The average Bonchev–Trinajstić information content (AvgIpc) is 3.39. The van der Waals surface area contributed by atoms with Crippen molar-refractivity contribution in [2.45, 2.75) is 95.3 Å². The number of carbonyl (C=O) groups is 2. The molecule has 6 heteroatoms. The molecule has 2 saturated carbocycles. The van der Waals surface area contributed by atoms with Gasteiger partial charge in [-0.1, -0.05) is 19.8 Å². The number of likely N-dealkylation sites (tertiary alicyclic amines) is 2. The lowest BCUT2D eigenvalue weighted by Gasteiger charge is -2.44. The highest BCUT2D eigenvalue weighted by Crippen LogP contribution is 2.47. The number of urea groups is 1. The number of carbonyl (C=O) groups excluding carboxylic acids is 2. The third-order valence-electron chi connectivity index (χ3n) is 8.31. The van der Waals surface area contributed by atoms with E-state index in [-0.39, 0.29) is 11.4 Å². The maximum atomic E-state index is 12.6. The Labute approximate surface area is 169 Å². The fourth-order valence-corrected chi connectivity index (χ4v) is 6.18. The second-order valence-corrected chi connectivity index (χ2v) is 10.2. The maximum Gasteiger partial charge on any atom is 0.318 e. The summed E-state index contributed by atoms with van der Waals surface area (Å²) < 4.78 is 0. The fourth-order valence-electron chi connectivity index (χ4n) is 6.18. The molecule has 3 aliphatic heterocycles. The highest BCUT2D eigenvalue weighted by Gasteiger charge is 2.48. The zero-order valence-corrected chi connectivity index (χ0v) is 17.4. The molecule has 0 aromatic rings. The van der Waals surface area contributed by atoms with Crippen molar-refractivity contribution < 1.29 is 9.59 Å². The summed E-state index contributed by atoms with van der Waals surface area (Å²) in [5.74, 6) is 0.395. The molecule has 5 fully saturated rings. The van der Waals surface area contributed by atoms with Gasteiger partial charge in [-0.3, -0.25) is 4.79 Å². The molecule has 0 bridgehead atoms. The normalized spacial score (nSPS) is 34.2. The molecule has 0 radical (unpaired) electrons. The minimum atomic E-state index is -0.0293. The van der Waals surface area contributed by atoms with Gasteiger partial charge in [0.1, 0.15) is 0 Å². The SMILES string of the molecule is CC1(C(=O)N2CCC(N3CCC(N4C(=O)N[C@H]5CCCC[C@@H]54)CC3)CC2)CC1. The lowest BCUT2D eigenvalue weighted by molar-refractivity contribution is -0.138. The summed E-state index contributed by atoms with van der Waals surface area (Å²) in [4.78, 5) is 32.1. The monoisotopic (exact) mass is 388 g/mol. The van der Waals surface area contributed by atoms with Crippen LogP contribution in [-0.4, -0.2) is 77.0 Å². The zero-order valence-electron chi connectivity index (χ0n) is 17.4. The zero-order chi connectivity index (χ0) is 19.3. The highest BCUT2D eigenvalue weighted by atomic mass is 16.2. The molecule has 0 aromatic carbocycles. The van der Waals surface area contributed by atoms with E-state index in [9.17, 15) is 9.59 Å². The van der Waals surface area contributed by atoms with Crippen molar-refractivity contribution in [2.75, 3.05) is 26.2 Å². The number of nitrogens with one attached hydrogen (secondary N) is 1. The van der Waals surface area contributed by atoms with E-state index in [1.54, 1.807) is 0 Å². The minimum Gasteiger partial charge on any atom is -0.342 e. The topological polar surface area (TPSA) is 55.9 Å². The predicted molar refractivity (Wildman–Crippen MR) is 108 cm³/mol. The molecule has 3 amide bonds. The van der Waals surface area contributed by atoms with Crippen molar-refractivity contribution in [3.63, 3.8) is 0 Å². The summed E-state index contributed by atoms with van der Waals surface area (Å²) in [7, 11) is 0. The van der Waals surface area contributed by atoms with Crippen molar-refractivity contribution >= 4 is 11.9 Å². The van der Waals surface area contributed by atoms with Gasteiger partial charge >= 0.3 is 6.03 Å². The number of fused-ring (bicyclic) bond motifs is 1. The Kier molecular flexibility index (Phi) is 4.80. The van der Waals surface area contributed by atoms with Crippen molar-refractivity contribution in [3.05, 3.63) is 0 Å². The largest absolute Gasteiger partial charge is 0.342 e. The van der Waals surface area contributed by atoms with Crippen LogP contribution in [0.5, 0.6) is 0 Å². The van der Waals surface area contributed by atoms with Gasteiger partial charge in [-0.15, -0.1) is 0 Å². The Morgan fingerprint density at radius 1 is 0.929 bits per heavy atom. The molecule has 3 saturated heterocycles. The number of nitrogens with zero attached hydrogens (tertiary/aromatic N) is 3. The van der Waals surface area contributed by atoms with E-state index >= 15 is 0 Å². The minimum absolute atomic E-state index is 0.0293. The molecule has 0 spiro atoms. The number of rotatable bonds is 3. The van der Waals surface area contributed by atoms with E-state index < -0.39 is 0 Å². The quantitative estimate of drug-likeness (QED) is 0.808. The molecular weight excluding hydrogens is 352 g/mol. The second-order valence-electron chi connectivity index (χ2n) is 10.2. The van der Waals surface area contributed by atoms with E-state index in [0.717, 1.165) is 71.1 Å². The van der Waals surface area contributed by atoms with Gasteiger partial charge in [-0.05, 0) is 51.4 Å². The van der Waals surface area contributed by atoms with Crippen LogP contribution in [0.15, 0.2) is 0 Å². The third kappa shape index (κ3) is 3.31. The standard InChI is InChI=1S/C22H36N4O2/c1-22(10-11-22)20(27)25-14-6-16(7-15-25)24-12-8-17(9-13-24)26-19-5-3-2-4-18(19)23-21(26)28/h16-19H,2-15H2,1H3,(H,23,28)/t18-,19-/m0/s1. The van der Waals surface area contributed by atoms with Gasteiger partial charge in [-0.25, -0.2) is 4.79 Å². The van der Waals surface area contributed by atoms with Crippen LogP contribution in [0, 0.1) is 5.41 Å². The van der Waals surface area contributed by atoms with Crippen LogP contribution in [0.1, 0.15) is 71.1 Å². The number of hydrogen-bond acceptors (Lipinski definition) is 3. The van der Waals surface area contributed by atoms with Crippen LogP contribution in [-0.2, 0) is 4.79 Å². The van der Waals surface area contributed by atoms with Crippen LogP contribution in [0.4, 0.5) is 4.79 Å². The van der Waals surface area contributed by atoms with Gasteiger partial charge in [0.2, 0.25) is 5.91 Å². The van der Waals surface area contributed by atoms with Crippen LogP contribution >= 0.6 is 0 Å². The summed E-state index contributed by atoms with van der Waals surface area (Å²) in [5.41, 5.74) is -0.0293. The van der Waals surface area contributed by atoms with Gasteiger partial charge in [-0.2, -0.15) is 0 Å². The summed E-state index contributed by atoms with van der Waals surface area (Å²) in [6.07, 6.45) is 11.4. The van der Waals surface area contributed by atoms with Crippen LogP contribution in [0.25, 0.3) is 0 Å². The molecule has 5 rings (SSSR count). The Morgan fingerprint density at radius 2 is 1.57 bits per heavy atom. The predicted octanol–water partition coefficient (Wildman–Crippen LogP) is 2.58. The summed E-state index contributed by atoms with van der Waals surface area (Å²) in [6.45, 7) is 6.18. The molecule has 156 valence electrons. The van der Waals surface area contributed by atoms with Gasteiger partial charge in [0.25, 0.3) is 0 Å². The molecular formula is C22H36N4O2. The molecule has 2 atom stereocenters. The smallest absolute Gasteiger partial charge is 0.318 e. The Balaban J connectivity index is 1.12. The molecule has 0 unspecified atom stereocenters. The van der Waals surface area contributed by atoms with Crippen LogP contribution < -0.4 is 5.32 Å². The molecule has 6 nitrogen and oxygen atoms in total. The lowest BCUT2D eigenvalue weighted by Crippen LogP contribution is -2.54. The van der Waals surface area contributed by atoms with E-state index in [2.05, 4.69) is 26.9 Å². The fraction of sp³-hybridized carbons (Fsp3) is 0.909. The molecule has 5 aliphatic rings. The first-order chi connectivity index (χ1) is 13.5. The molecule has 3 heterocycles. The van der Waals surface area contributed by atoms with Crippen molar-refractivity contribution in [2.24, 2.45) is 5.41 Å². The van der Waals surface area contributed by atoms with Gasteiger partial charge in [0, 0.05) is 43.7 Å². The highest BCUT2D eigenvalue weighted by molar-refractivity contribution is 5.85. The van der Waals surface area contributed by atoms with Crippen LogP contribution in [0.2, 0.25) is 0 Å². The Morgan fingerprint density at radius 3 is 2.25 bits per heavy atom. The Bertz CT molecular complexity index is 618. The van der Waals surface area contributed by atoms with Crippen molar-refractivity contribution in [1.82, 2.24) is 20.0 Å². The lowest BCUT2D eigenvalue weighted by atomic mass is 9.89. The van der Waals surface area contributed by atoms with Gasteiger partial charge in [0.15, 0.2) is 0 Å². The number of hydrogen-bond donors (Lipinski definition) is 1. The molecule has 28 heavy (non-hydrogen) atoms. The van der Waals surface area contributed by atoms with E-state index in [4.69, 9.17) is 0 Å². The number of amides is 3. The summed E-state index contributed by atoms with van der Waals surface area (Å²) in [5, 5.41) is 3.25. The van der Waals surface area contributed by atoms with Gasteiger partial charge < -0.3 is 20.0 Å². The molecule has 2 aliphatic carbocycles. The first-order valence-electron chi connectivity index (χ1n) is 11.7. The van der Waals surface area contributed by atoms with E-state index in [1.807, 2.05) is 0 Å². The second kappa shape index (κ2) is 7.19. The van der Waals surface area contributed by atoms with Crippen molar-refractivity contribution in [3.8, 4) is 0 Å². The Hall–Kier alpha value is -1.30. The van der Waals surface area contributed by atoms with E-state index in [0.29, 0.717) is 30.1 Å². The first-order valence-corrected chi connectivity index (χ1v) is 11.7. The maximum absolute atomic E-state index is 12.6. The molecule has 0 aromatic heterocycles. The number of piperidine rings is 2. The average molecular weight is 389 g/mol. The van der Waals surface area contributed by atoms with Crippen molar-refractivity contribution in [1.29, 1.82) is 0 Å². The van der Waals surface area contributed by atoms with E-state index in [1.165, 1.54) is 19.3 Å². The first kappa shape index (κ1) is 18.7. The molecule has 1 N–H and O–H groups in total. The summed E-state index contributed by atoms with van der Waals surface area (Å²) >= 11 is 0. The van der Waals surface area contributed by atoms with Crippen LogP contribution in [0.3, 0.4) is 0 Å². The third-order valence-corrected chi connectivity index (χ3v) is 8.31. The summed E-state index contributed by atoms with van der Waals surface area (Å²) in [6, 6.07) is 2.06. The van der Waals surface area contributed by atoms with Gasteiger partial charge in [0.05, 0.1) is 12.1 Å².